The summed E-state index contributed by atoms with van der Waals surface area (Å²) in [6.45, 7) is 11.0. The van der Waals surface area contributed by atoms with Gasteiger partial charge in [0.2, 0.25) is 0 Å². The third-order valence-corrected chi connectivity index (χ3v) is 1.53. The van der Waals surface area contributed by atoms with E-state index in [1.165, 1.54) is 13.8 Å². The molecule has 0 saturated heterocycles. The van der Waals surface area contributed by atoms with Gasteiger partial charge in [0.15, 0.2) is 0 Å². The third-order valence-electron chi connectivity index (χ3n) is 1.53. The van der Waals surface area contributed by atoms with Crippen LogP contribution in [0.2, 0.25) is 0 Å². The standard InChI is InChI=1S/2C4H6O3.2C4H10O.O.Ti/c2*1-3(5)2-4(6)7;2*1-4(2)3-5;;/h2*2H2,1H3,(H,6,7);2*4-5H,3H2,1-2H3;;. The van der Waals surface area contributed by atoms with Crippen molar-refractivity contribution in [3.8, 4) is 0 Å². The van der Waals surface area contributed by atoms with Gasteiger partial charge in [-0.05, 0) is 25.7 Å². The van der Waals surface area contributed by atoms with E-state index in [-0.39, 0.29) is 24.4 Å². The molecule has 0 aliphatic carbocycles. The van der Waals surface area contributed by atoms with Gasteiger partial charge in [-0.1, -0.05) is 27.7 Å². The SMILES string of the molecule is CC(=O)CC(=O)O.CC(=O)CC(=O)O.CC(C)CO.CC(C)CO.[O]=[Ti]. The van der Waals surface area contributed by atoms with Crippen LogP contribution < -0.4 is 0 Å². The Morgan fingerprint density at radius 2 is 0.846 bits per heavy atom. The van der Waals surface area contributed by atoms with Gasteiger partial charge in [-0.2, -0.15) is 0 Å². The van der Waals surface area contributed by atoms with Crippen LogP contribution in [0.4, 0.5) is 0 Å². The molecule has 0 aromatic rings. The Morgan fingerprint density at radius 3 is 0.846 bits per heavy atom. The molecule has 154 valence electrons. The van der Waals surface area contributed by atoms with E-state index < -0.39 is 11.9 Å². The van der Waals surface area contributed by atoms with E-state index in [9.17, 15) is 19.2 Å². The topological polar surface area (TPSA) is 166 Å². The summed E-state index contributed by atoms with van der Waals surface area (Å²) in [4.78, 5) is 38.9. The molecule has 0 aromatic carbocycles. The summed E-state index contributed by atoms with van der Waals surface area (Å²) >= 11 is 0.750. The van der Waals surface area contributed by atoms with Crippen LogP contribution in [-0.2, 0) is 42.9 Å². The van der Waals surface area contributed by atoms with Crippen LogP contribution in [0.25, 0.3) is 0 Å². The fraction of sp³-hybridized carbons (Fsp3) is 0.750. The quantitative estimate of drug-likeness (QED) is 0.368. The van der Waals surface area contributed by atoms with Crippen molar-refractivity contribution in [2.24, 2.45) is 11.8 Å². The minimum atomic E-state index is -1.06. The maximum atomic E-state index is 9.87. The summed E-state index contributed by atoms with van der Waals surface area (Å²) < 4.78 is 8.25. The van der Waals surface area contributed by atoms with Crippen molar-refractivity contribution in [1.29, 1.82) is 0 Å². The van der Waals surface area contributed by atoms with Crippen LogP contribution in [0.1, 0.15) is 54.4 Å². The zero-order valence-electron chi connectivity index (χ0n) is 16.3. The number of aliphatic hydroxyl groups is 2. The molecule has 10 heteroatoms. The molecule has 0 heterocycles. The molecule has 4 N–H and O–H groups in total. The fourth-order valence-electron chi connectivity index (χ4n) is 0.426. The predicted octanol–water partition coefficient (Wildman–Crippen LogP) is 1.25. The van der Waals surface area contributed by atoms with Crippen LogP contribution in [0.3, 0.4) is 0 Å². The van der Waals surface area contributed by atoms with Crippen molar-refractivity contribution in [3.05, 3.63) is 0 Å². The van der Waals surface area contributed by atoms with Crippen molar-refractivity contribution < 1.29 is 63.3 Å². The fourth-order valence-corrected chi connectivity index (χ4v) is 0.426. The van der Waals surface area contributed by atoms with Crippen molar-refractivity contribution in [1.82, 2.24) is 0 Å². The Balaban J connectivity index is -0.0000000738. The molecule has 0 unspecified atom stereocenters. The zero-order valence-corrected chi connectivity index (χ0v) is 17.9. The molecule has 0 fully saturated rings. The summed E-state index contributed by atoms with van der Waals surface area (Å²) in [5.74, 6) is -1.87. The molecule has 0 rings (SSSR count). The molecule has 0 radical (unpaired) electrons. The van der Waals surface area contributed by atoms with Crippen molar-refractivity contribution in [2.75, 3.05) is 13.2 Å². The molecule has 0 saturated carbocycles. The van der Waals surface area contributed by atoms with Gasteiger partial charge in [-0.3, -0.25) is 19.2 Å². The number of carbonyl (C=O) groups excluding carboxylic acids is 2. The molecule has 26 heavy (non-hydrogen) atoms. The molecule has 0 aliphatic heterocycles. The number of aliphatic hydroxyl groups excluding tert-OH is 2. The van der Waals surface area contributed by atoms with Crippen LogP contribution >= 0.6 is 0 Å². The van der Waals surface area contributed by atoms with Gasteiger partial charge in [0.1, 0.15) is 24.4 Å². The summed E-state index contributed by atoms with van der Waals surface area (Å²) in [7, 11) is 0. The number of hydrogen-bond acceptors (Lipinski definition) is 7. The predicted molar refractivity (Wildman–Crippen MR) is 90.4 cm³/mol. The second-order valence-corrected chi connectivity index (χ2v) is 5.70. The minimum absolute atomic E-state index is 0.306. The zero-order chi connectivity index (χ0) is 22.3. The van der Waals surface area contributed by atoms with Gasteiger partial charge in [0.05, 0.1) is 0 Å². The monoisotopic (exact) mass is 416 g/mol. The average Bonchev–Trinajstić information content (AvgIpc) is 2.48. The Bertz CT molecular complexity index is 311. The van der Waals surface area contributed by atoms with E-state index in [1.807, 2.05) is 27.7 Å². The van der Waals surface area contributed by atoms with Gasteiger partial charge in [0, 0.05) is 13.2 Å². The Kier molecular flexibility index (Phi) is 39.2. The van der Waals surface area contributed by atoms with Gasteiger partial charge in [0.25, 0.3) is 0 Å². The number of ketones is 2. The first-order valence-corrected chi connectivity index (χ1v) is 8.28. The Labute approximate surface area is 166 Å². The number of hydrogen-bond donors (Lipinski definition) is 4. The first-order valence-electron chi connectivity index (χ1n) is 7.64. The van der Waals surface area contributed by atoms with E-state index in [4.69, 9.17) is 23.8 Å². The number of aliphatic carboxylic acids is 2. The molecule has 0 bridgehead atoms. The first kappa shape index (κ1) is 35.8. The van der Waals surface area contributed by atoms with E-state index in [0.717, 1.165) is 20.4 Å². The molecule has 9 nitrogen and oxygen atoms in total. The van der Waals surface area contributed by atoms with E-state index >= 15 is 0 Å². The van der Waals surface area contributed by atoms with E-state index in [1.54, 1.807) is 0 Å². The third kappa shape index (κ3) is 93.3. The summed E-state index contributed by atoms with van der Waals surface area (Å²) in [5, 5.41) is 32.0. The van der Waals surface area contributed by atoms with Gasteiger partial charge >= 0.3 is 35.7 Å². The van der Waals surface area contributed by atoms with E-state index in [0.29, 0.717) is 25.0 Å². The summed E-state index contributed by atoms with van der Waals surface area (Å²) in [6.07, 6.45) is -0.722. The number of carboxylic acid groups (broad SMARTS) is 2. The molecule has 0 spiro atoms. The van der Waals surface area contributed by atoms with Crippen LogP contribution in [0, 0.1) is 11.8 Å². The van der Waals surface area contributed by atoms with Gasteiger partial charge in [-0.15, -0.1) is 0 Å². The summed E-state index contributed by atoms with van der Waals surface area (Å²) in [6, 6.07) is 0. The average molecular weight is 416 g/mol. The van der Waals surface area contributed by atoms with Crippen LogP contribution in [0.5, 0.6) is 0 Å². The van der Waals surface area contributed by atoms with Crippen LogP contribution in [-0.4, -0.2) is 57.1 Å². The molecule has 0 amide bonds. The number of Topliss-reactive ketones (excluding diaryl/α,β-unsaturated/α-hetero) is 2. The van der Waals surface area contributed by atoms with Gasteiger partial charge in [-0.25, -0.2) is 0 Å². The number of carboxylic acids is 2. The summed E-state index contributed by atoms with van der Waals surface area (Å²) in [5.41, 5.74) is 0. The molecular formula is C16H32O9Ti. The van der Waals surface area contributed by atoms with Crippen molar-refractivity contribution in [2.45, 2.75) is 54.4 Å². The Hall–Kier alpha value is -1.29. The molecule has 0 aliphatic rings. The Morgan fingerprint density at radius 1 is 0.692 bits per heavy atom. The first-order chi connectivity index (χ1) is 11.8. The van der Waals surface area contributed by atoms with Crippen molar-refractivity contribution >= 4 is 23.5 Å². The maximum absolute atomic E-state index is 9.87. The van der Waals surface area contributed by atoms with E-state index in [2.05, 4.69) is 0 Å². The second kappa shape index (κ2) is 28.5. The second-order valence-electron chi connectivity index (χ2n) is 5.70. The van der Waals surface area contributed by atoms with Gasteiger partial charge < -0.3 is 20.4 Å². The molecular weight excluding hydrogens is 384 g/mol. The normalized spacial score (nSPS) is 8.19. The van der Waals surface area contributed by atoms with Crippen LogP contribution in [0.15, 0.2) is 0 Å². The molecule has 0 aromatic heterocycles. The number of carbonyl (C=O) groups is 4. The van der Waals surface area contributed by atoms with Crippen molar-refractivity contribution in [3.63, 3.8) is 0 Å². The molecule has 0 atom stereocenters. The number of rotatable bonds is 6.